The minimum absolute atomic E-state index is 0.0103. The van der Waals surface area contributed by atoms with Crippen LogP contribution in [0.1, 0.15) is 239 Å². The van der Waals surface area contributed by atoms with E-state index in [4.69, 9.17) is 9.05 Å². The van der Waals surface area contributed by atoms with Gasteiger partial charge in [0.15, 0.2) is 0 Å². The van der Waals surface area contributed by atoms with E-state index in [-0.39, 0.29) is 12.5 Å². The Kier molecular flexibility index (Phi) is 46.0. The highest BCUT2D eigenvalue weighted by Gasteiger charge is 2.23. The van der Waals surface area contributed by atoms with Crippen molar-refractivity contribution in [1.29, 1.82) is 0 Å². The van der Waals surface area contributed by atoms with Crippen molar-refractivity contribution in [2.45, 2.75) is 251 Å². The molecule has 0 aromatic carbocycles. The Labute approximate surface area is 402 Å². The maximum atomic E-state index is 12.9. The van der Waals surface area contributed by atoms with Gasteiger partial charge in [-0.15, -0.1) is 0 Å². The fraction of sp³-hybridized carbons (Fsp3) is 0.804. The predicted octanol–water partition coefficient (Wildman–Crippen LogP) is 15.5. The summed E-state index contributed by atoms with van der Waals surface area (Å²) in [6.07, 6.45) is 63.3. The van der Waals surface area contributed by atoms with Crippen LogP contribution >= 0.6 is 7.82 Å². The number of likely N-dealkylation sites (N-methyl/N-ethyl adjacent to an activating group) is 1. The number of phosphoric ester groups is 1. The van der Waals surface area contributed by atoms with E-state index in [2.05, 4.69) is 67.8 Å². The molecule has 8 nitrogen and oxygen atoms in total. The van der Waals surface area contributed by atoms with Crippen molar-refractivity contribution in [2.24, 2.45) is 0 Å². The Morgan fingerprint density at radius 3 is 1.40 bits per heavy atom. The maximum absolute atomic E-state index is 12.9. The van der Waals surface area contributed by atoms with E-state index < -0.39 is 26.6 Å². The quantitative estimate of drug-likeness (QED) is 0.0272. The van der Waals surface area contributed by atoms with E-state index >= 15 is 0 Å². The molecule has 0 aliphatic carbocycles. The summed E-state index contributed by atoms with van der Waals surface area (Å²) < 4.78 is 23.2. The molecule has 380 valence electrons. The van der Waals surface area contributed by atoms with Gasteiger partial charge < -0.3 is 28.8 Å². The van der Waals surface area contributed by atoms with Crippen molar-refractivity contribution in [3.8, 4) is 0 Å². The van der Waals surface area contributed by atoms with E-state index in [0.717, 1.165) is 57.8 Å². The number of phosphoric acid groups is 1. The number of allylic oxidation sites excluding steroid dienone is 9. The average molecular weight is 933 g/mol. The van der Waals surface area contributed by atoms with Gasteiger partial charge in [0.2, 0.25) is 5.91 Å². The van der Waals surface area contributed by atoms with Gasteiger partial charge in [-0.3, -0.25) is 9.36 Å². The lowest BCUT2D eigenvalue weighted by Gasteiger charge is -2.29. The fourth-order valence-electron chi connectivity index (χ4n) is 7.69. The normalized spacial score (nSPS) is 14.5. The van der Waals surface area contributed by atoms with Crippen LogP contribution in [0.2, 0.25) is 0 Å². The van der Waals surface area contributed by atoms with Crippen molar-refractivity contribution in [3.05, 3.63) is 60.8 Å². The SMILES string of the molecule is CC/C=C/CC/C=C/CC/C=C/C(O)C(COP(=O)([O-])OCC[N+](C)(C)C)NC(=O)CCCCCCCCCCCCCCCCCCC/C=C\C/C=C\CCCCCCCCCCC. The van der Waals surface area contributed by atoms with Gasteiger partial charge >= 0.3 is 0 Å². The molecular weight excluding hydrogens is 828 g/mol. The second-order valence-electron chi connectivity index (χ2n) is 19.5. The van der Waals surface area contributed by atoms with Crippen LogP contribution in [0.3, 0.4) is 0 Å². The Bertz CT molecular complexity index is 1240. The van der Waals surface area contributed by atoms with Gasteiger partial charge in [0.1, 0.15) is 13.2 Å². The number of rotatable bonds is 49. The maximum Gasteiger partial charge on any atom is 0.268 e. The molecule has 0 saturated heterocycles. The monoisotopic (exact) mass is 933 g/mol. The molecule has 0 radical (unpaired) electrons. The van der Waals surface area contributed by atoms with E-state index in [1.54, 1.807) is 6.08 Å². The number of hydrogen-bond donors (Lipinski definition) is 2. The minimum Gasteiger partial charge on any atom is -0.756 e. The van der Waals surface area contributed by atoms with Crippen molar-refractivity contribution in [3.63, 3.8) is 0 Å². The molecule has 0 aromatic heterocycles. The molecule has 0 rings (SSSR count). The minimum atomic E-state index is -4.60. The third-order valence-corrected chi connectivity index (χ3v) is 12.9. The second-order valence-corrected chi connectivity index (χ2v) is 20.9. The van der Waals surface area contributed by atoms with Gasteiger partial charge in [0.05, 0.1) is 39.9 Å². The van der Waals surface area contributed by atoms with Gasteiger partial charge in [-0.25, -0.2) is 0 Å². The summed E-state index contributed by atoms with van der Waals surface area (Å²) in [5, 5.41) is 13.7. The number of aliphatic hydroxyl groups is 1. The van der Waals surface area contributed by atoms with Crippen LogP contribution in [0.15, 0.2) is 60.8 Å². The number of carbonyl (C=O) groups is 1. The fourth-order valence-corrected chi connectivity index (χ4v) is 8.42. The molecule has 0 aliphatic heterocycles. The van der Waals surface area contributed by atoms with Crippen molar-refractivity contribution in [2.75, 3.05) is 40.9 Å². The highest BCUT2D eigenvalue weighted by molar-refractivity contribution is 7.45. The van der Waals surface area contributed by atoms with Gasteiger partial charge in [0.25, 0.3) is 7.82 Å². The number of unbranched alkanes of at least 4 members (excludes halogenated alkanes) is 28. The Morgan fingerprint density at radius 1 is 0.554 bits per heavy atom. The van der Waals surface area contributed by atoms with Gasteiger partial charge in [0, 0.05) is 6.42 Å². The zero-order valence-electron chi connectivity index (χ0n) is 43.2. The van der Waals surface area contributed by atoms with Crippen LogP contribution < -0.4 is 10.2 Å². The van der Waals surface area contributed by atoms with E-state index in [0.29, 0.717) is 17.4 Å². The van der Waals surface area contributed by atoms with Crippen molar-refractivity contribution in [1.82, 2.24) is 5.32 Å². The topological polar surface area (TPSA) is 108 Å². The van der Waals surface area contributed by atoms with Crippen LogP contribution in [-0.2, 0) is 18.4 Å². The van der Waals surface area contributed by atoms with Crippen LogP contribution in [0.4, 0.5) is 0 Å². The van der Waals surface area contributed by atoms with Crippen LogP contribution in [0.25, 0.3) is 0 Å². The molecule has 0 aromatic rings. The second kappa shape index (κ2) is 47.3. The van der Waals surface area contributed by atoms with Gasteiger partial charge in [-0.2, -0.15) is 0 Å². The summed E-state index contributed by atoms with van der Waals surface area (Å²) in [7, 11) is 1.23. The highest BCUT2D eigenvalue weighted by Crippen LogP contribution is 2.38. The number of hydrogen-bond acceptors (Lipinski definition) is 6. The smallest absolute Gasteiger partial charge is 0.268 e. The molecule has 0 bridgehead atoms. The first-order chi connectivity index (χ1) is 31.5. The molecule has 3 unspecified atom stereocenters. The van der Waals surface area contributed by atoms with Crippen molar-refractivity contribution < 1.29 is 32.9 Å². The van der Waals surface area contributed by atoms with Crippen LogP contribution in [0.5, 0.6) is 0 Å². The summed E-state index contributed by atoms with van der Waals surface area (Å²) in [5.74, 6) is -0.214. The third kappa shape index (κ3) is 49.9. The number of nitrogens with zero attached hydrogens (tertiary/aromatic N) is 1. The lowest BCUT2D eigenvalue weighted by Crippen LogP contribution is -2.45. The molecule has 9 heteroatoms. The summed E-state index contributed by atoms with van der Waals surface area (Å²) in [6, 6.07) is -0.909. The van der Waals surface area contributed by atoms with Crippen LogP contribution in [0, 0.1) is 0 Å². The first-order valence-corrected chi connectivity index (χ1v) is 28.6. The molecule has 2 N–H and O–H groups in total. The largest absolute Gasteiger partial charge is 0.756 e. The molecule has 0 saturated carbocycles. The number of nitrogens with one attached hydrogen (secondary N) is 1. The van der Waals surface area contributed by atoms with Gasteiger partial charge in [-0.1, -0.05) is 222 Å². The lowest BCUT2D eigenvalue weighted by molar-refractivity contribution is -0.870. The first kappa shape index (κ1) is 63.2. The predicted molar refractivity (Wildman–Crippen MR) is 279 cm³/mol. The summed E-state index contributed by atoms with van der Waals surface area (Å²) in [4.78, 5) is 25.3. The molecule has 0 heterocycles. The molecular formula is C56H105N2O6P. The first-order valence-electron chi connectivity index (χ1n) is 27.2. The Morgan fingerprint density at radius 2 is 0.954 bits per heavy atom. The molecule has 1 amide bonds. The summed E-state index contributed by atoms with van der Waals surface area (Å²) in [5.41, 5.74) is 0. The lowest BCUT2D eigenvalue weighted by atomic mass is 10.0. The zero-order valence-corrected chi connectivity index (χ0v) is 44.1. The standard InChI is InChI=1S/C56H105N2O6P/c1-6-8-10-12-14-16-18-19-20-21-22-23-24-25-26-27-28-29-30-31-32-33-34-35-36-37-38-39-40-42-44-46-48-50-56(60)57-54(53-64-65(61,62)63-52-51-58(3,4)5)55(59)49-47-45-43-41-17-15-13-11-9-7-2/h9,11,17,22-23,25-26,41,47,49,54-55,59H,6-8,10,12-16,18-21,24,27-40,42-46,48,50-53H2,1-5H3,(H-,57,60,61,62)/b11-9+,23-22-,26-25-,41-17+,49-47+. The summed E-state index contributed by atoms with van der Waals surface area (Å²) in [6.45, 7) is 4.49. The van der Waals surface area contributed by atoms with E-state index in [1.807, 2.05) is 27.2 Å². The van der Waals surface area contributed by atoms with E-state index in [9.17, 15) is 19.4 Å². The van der Waals surface area contributed by atoms with E-state index in [1.165, 1.54) is 161 Å². The average Bonchev–Trinajstić information content (AvgIpc) is 3.26. The highest BCUT2D eigenvalue weighted by atomic mass is 31.2. The molecule has 0 spiro atoms. The number of aliphatic hydroxyl groups excluding tert-OH is 1. The number of amides is 1. The molecule has 0 aliphatic rings. The zero-order chi connectivity index (χ0) is 47.8. The number of quaternary nitrogens is 1. The third-order valence-electron chi connectivity index (χ3n) is 11.9. The molecule has 3 atom stereocenters. The Hall–Kier alpha value is -1.80. The Balaban J connectivity index is 3.98. The van der Waals surface area contributed by atoms with Gasteiger partial charge in [-0.05, 0) is 70.6 Å². The van der Waals surface area contributed by atoms with Crippen molar-refractivity contribution >= 4 is 13.7 Å². The van der Waals surface area contributed by atoms with Crippen LogP contribution in [-0.4, -0.2) is 68.5 Å². The molecule has 0 fully saturated rings. The summed E-state index contributed by atoms with van der Waals surface area (Å²) >= 11 is 0. The number of carbonyl (C=O) groups excluding carboxylic acids is 1. The molecule has 65 heavy (non-hydrogen) atoms.